The highest BCUT2D eigenvalue weighted by Gasteiger charge is 2.32. The molecule has 0 saturated carbocycles. The lowest BCUT2D eigenvalue weighted by Gasteiger charge is -2.18. The number of halogens is 4. The van der Waals surface area contributed by atoms with Crippen molar-refractivity contribution in [2.45, 2.75) is 19.2 Å². The first kappa shape index (κ1) is 23.2. The van der Waals surface area contributed by atoms with Crippen LogP contribution in [0.5, 0.6) is 5.88 Å². The number of fused-ring (bicyclic) bond motifs is 1. The molecule has 0 unspecified atom stereocenters. The summed E-state index contributed by atoms with van der Waals surface area (Å²) in [4.78, 5) is 30.8. The Morgan fingerprint density at radius 3 is 2.62 bits per heavy atom. The van der Waals surface area contributed by atoms with E-state index >= 15 is 0 Å². The second-order valence-corrected chi connectivity index (χ2v) is 6.69. The fourth-order valence-electron chi connectivity index (χ4n) is 2.72. The predicted octanol–water partition coefficient (Wildman–Crippen LogP) is 3.73. The third-order valence-corrected chi connectivity index (χ3v) is 4.38. The Balaban J connectivity index is 1.93. The molecule has 0 aromatic carbocycles. The summed E-state index contributed by atoms with van der Waals surface area (Å²) in [7, 11) is 1.44. The van der Waals surface area contributed by atoms with Crippen LogP contribution in [0, 0.1) is 0 Å². The van der Waals surface area contributed by atoms with Crippen LogP contribution in [0.1, 0.15) is 24.3 Å². The molecule has 0 fully saturated rings. The van der Waals surface area contributed by atoms with Gasteiger partial charge in [-0.15, -0.1) is 0 Å². The van der Waals surface area contributed by atoms with Crippen molar-refractivity contribution in [1.82, 2.24) is 19.6 Å². The van der Waals surface area contributed by atoms with E-state index in [1.165, 1.54) is 23.9 Å². The number of hydrogen-bond acceptors (Lipinski definition) is 7. The first-order chi connectivity index (χ1) is 15.1. The molecule has 3 rings (SSSR count). The monoisotopic (exact) mass is 472 g/mol. The molecule has 1 atom stereocenters. The number of carbonyl (C=O) groups is 2. The van der Waals surface area contributed by atoms with E-state index in [9.17, 15) is 22.8 Å². The number of hydrogen-bond donors (Lipinski definition) is 2. The zero-order valence-corrected chi connectivity index (χ0v) is 17.4. The molecule has 3 aromatic heterocycles. The van der Waals surface area contributed by atoms with Gasteiger partial charge in [-0.25, -0.2) is 19.3 Å². The van der Waals surface area contributed by atoms with Gasteiger partial charge in [0, 0.05) is 19.4 Å². The Morgan fingerprint density at radius 1 is 1.25 bits per heavy atom. The zero-order chi connectivity index (χ0) is 23.5. The van der Waals surface area contributed by atoms with Gasteiger partial charge in [-0.05, 0) is 13.0 Å². The van der Waals surface area contributed by atoms with Crippen molar-refractivity contribution in [3.8, 4) is 5.88 Å². The normalized spacial score (nSPS) is 12.4. The van der Waals surface area contributed by atoms with Crippen molar-refractivity contribution in [3.63, 3.8) is 0 Å². The Bertz CT molecular complexity index is 1150. The molecule has 0 aliphatic carbocycles. The van der Waals surface area contributed by atoms with Crippen LogP contribution in [0.25, 0.3) is 5.65 Å². The molecule has 0 aliphatic heterocycles. The molecule has 0 saturated heterocycles. The maximum absolute atomic E-state index is 13.1. The van der Waals surface area contributed by atoms with E-state index in [0.29, 0.717) is 29.9 Å². The first-order valence-corrected chi connectivity index (χ1v) is 9.30. The lowest BCUT2D eigenvalue weighted by molar-refractivity contribution is -0.137. The van der Waals surface area contributed by atoms with Crippen LogP contribution in [0.3, 0.4) is 0 Å². The maximum atomic E-state index is 13.1. The Hall–Kier alpha value is -3.45. The number of pyridine rings is 1. The number of alkyl halides is 3. The SMILES string of the molecule is CO[C@@H](C)c1c(NC(=O)Nc2cc(C(F)(F)F)cnc2OCC=O)cnc2cc(Cl)nn12. The van der Waals surface area contributed by atoms with Crippen LogP contribution in [0.15, 0.2) is 24.5 Å². The number of carbonyl (C=O) groups excluding carboxylic acids is 2. The Kier molecular flexibility index (Phi) is 6.79. The number of anilines is 2. The molecule has 0 radical (unpaired) electrons. The van der Waals surface area contributed by atoms with Crippen LogP contribution in [-0.2, 0) is 15.7 Å². The number of urea groups is 1. The largest absolute Gasteiger partial charge is 0.469 e. The Morgan fingerprint density at radius 2 is 1.97 bits per heavy atom. The summed E-state index contributed by atoms with van der Waals surface area (Å²) in [6, 6.07) is 1.22. The van der Waals surface area contributed by atoms with Crippen molar-refractivity contribution in [1.29, 1.82) is 0 Å². The molecule has 0 spiro atoms. The molecular weight excluding hydrogens is 457 g/mol. The van der Waals surface area contributed by atoms with Crippen LogP contribution in [-0.4, -0.2) is 45.6 Å². The van der Waals surface area contributed by atoms with Crippen molar-refractivity contribution in [3.05, 3.63) is 40.9 Å². The molecule has 0 aliphatic rings. The van der Waals surface area contributed by atoms with E-state index in [1.54, 1.807) is 6.92 Å². The molecule has 10 nitrogen and oxygen atoms in total. The number of aldehydes is 1. The summed E-state index contributed by atoms with van der Waals surface area (Å²) in [6.07, 6.45) is -3.03. The summed E-state index contributed by atoms with van der Waals surface area (Å²) in [5.74, 6) is -0.363. The summed E-state index contributed by atoms with van der Waals surface area (Å²) in [5, 5.41) is 8.99. The first-order valence-electron chi connectivity index (χ1n) is 8.92. The minimum Gasteiger partial charge on any atom is -0.469 e. The number of ether oxygens (including phenoxy) is 2. The fraction of sp³-hybridized carbons (Fsp3) is 0.278. The van der Waals surface area contributed by atoms with Crippen molar-refractivity contribution in [2.75, 3.05) is 24.4 Å². The van der Waals surface area contributed by atoms with Crippen LogP contribution >= 0.6 is 11.6 Å². The topological polar surface area (TPSA) is 120 Å². The third-order valence-electron chi connectivity index (χ3n) is 4.19. The van der Waals surface area contributed by atoms with E-state index in [0.717, 1.165) is 0 Å². The lowest BCUT2D eigenvalue weighted by atomic mass is 10.2. The van der Waals surface area contributed by atoms with Gasteiger partial charge in [0.05, 0.1) is 29.2 Å². The summed E-state index contributed by atoms with van der Waals surface area (Å²) in [5.41, 5.74) is -0.559. The van der Waals surface area contributed by atoms with Crippen LogP contribution < -0.4 is 15.4 Å². The maximum Gasteiger partial charge on any atom is 0.417 e. The number of amides is 2. The second kappa shape index (κ2) is 9.36. The number of methoxy groups -OCH3 is 1. The van der Waals surface area contributed by atoms with Gasteiger partial charge in [0.2, 0.25) is 5.88 Å². The number of nitrogens with zero attached hydrogens (tertiary/aromatic N) is 4. The average Bonchev–Trinajstić information content (AvgIpc) is 3.11. The molecule has 170 valence electrons. The molecule has 0 bridgehead atoms. The van der Waals surface area contributed by atoms with Gasteiger partial charge in [0.15, 0.2) is 17.1 Å². The van der Waals surface area contributed by atoms with E-state index in [1.807, 2.05) is 0 Å². The van der Waals surface area contributed by atoms with E-state index in [4.69, 9.17) is 21.1 Å². The summed E-state index contributed by atoms with van der Waals surface area (Å²) in [6.45, 7) is 1.22. The third kappa shape index (κ3) is 5.06. The minimum atomic E-state index is -4.71. The highest BCUT2D eigenvalue weighted by Crippen LogP contribution is 2.34. The van der Waals surface area contributed by atoms with Crippen molar-refractivity contribution in [2.24, 2.45) is 0 Å². The van der Waals surface area contributed by atoms with Gasteiger partial charge in [0.25, 0.3) is 0 Å². The number of nitrogens with one attached hydrogen (secondary N) is 2. The van der Waals surface area contributed by atoms with E-state index in [-0.39, 0.29) is 16.7 Å². The van der Waals surface area contributed by atoms with Crippen LogP contribution in [0.2, 0.25) is 5.15 Å². The molecule has 3 heterocycles. The molecule has 3 aromatic rings. The van der Waals surface area contributed by atoms with Crippen molar-refractivity contribution < 1.29 is 32.2 Å². The van der Waals surface area contributed by atoms with Gasteiger partial charge < -0.3 is 20.1 Å². The Labute approximate surface area is 183 Å². The number of rotatable bonds is 7. The van der Waals surface area contributed by atoms with Gasteiger partial charge in [-0.1, -0.05) is 11.6 Å². The van der Waals surface area contributed by atoms with Gasteiger partial charge in [-0.2, -0.15) is 18.3 Å². The average molecular weight is 473 g/mol. The van der Waals surface area contributed by atoms with Gasteiger partial charge >= 0.3 is 12.2 Å². The standard InChI is InChI=1S/C18H16ClF3N6O4/c1-9(31-2)15-12(8-23-14-6-13(19)27-28(14)15)26-17(30)25-11-5-10(18(20,21)22)7-24-16(11)32-4-3-29/h3,5-9H,4H2,1-2H3,(H2,25,26,30)/t9-/m0/s1. The molecular formula is C18H16ClF3N6O4. The lowest BCUT2D eigenvalue weighted by Crippen LogP contribution is -2.23. The van der Waals surface area contributed by atoms with E-state index < -0.39 is 36.2 Å². The highest BCUT2D eigenvalue weighted by molar-refractivity contribution is 6.29. The minimum absolute atomic E-state index is 0.163. The second-order valence-electron chi connectivity index (χ2n) is 6.30. The quantitative estimate of drug-likeness (QED) is 0.503. The fourth-order valence-corrected chi connectivity index (χ4v) is 2.90. The smallest absolute Gasteiger partial charge is 0.417 e. The highest BCUT2D eigenvalue weighted by atomic mass is 35.5. The van der Waals surface area contributed by atoms with Crippen LogP contribution in [0.4, 0.5) is 29.3 Å². The summed E-state index contributed by atoms with van der Waals surface area (Å²) < 4.78 is 50.9. The molecule has 2 amide bonds. The number of aromatic nitrogens is 4. The predicted molar refractivity (Wildman–Crippen MR) is 107 cm³/mol. The van der Waals surface area contributed by atoms with Crippen molar-refractivity contribution >= 4 is 40.9 Å². The van der Waals surface area contributed by atoms with E-state index in [2.05, 4.69) is 25.7 Å². The summed E-state index contributed by atoms with van der Waals surface area (Å²) >= 11 is 5.93. The molecule has 32 heavy (non-hydrogen) atoms. The molecule has 14 heteroatoms. The zero-order valence-electron chi connectivity index (χ0n) is 16.6. The molecule has 2 N–H and O–H groups in total. The van der Waals surface area contributed by atoms with Gasteiger partial charge in [-0.3, -0.25) is 4.79 Å². The van der Waals surface area contributed by atoms with Gasteiger partial charge in [0.1, 0.15) is 12.3 Å².